The quantitative estimate of drug-likeness (QED) is 0.560. The summed E-state index contributed by atoms with van der Waals surface area (Å²) in [4.78, 5) is 24.1. The summed E-state index contributed by atoms with van der Waals surface area (Å²) < 4.78 is 48.7. The molecule has 1 unspecified atom stereocenters. The number of alkyl halides is 3. The van der Waals surface area contributed by atoms with Crippen LogP contribution in [0.2, 0.25) is 0 Å². The Labute approximate surface area is 207 Å². The van der Waals surface area contributed by atoms with Crippen molar-refractivity contribution in [2.24, 2.45) is 5.92 Å². The third-order valence-corrected chi connectivity index (χ3v) is 7.93. The summed E-state index contributed by atoms with van der Waals surface area (Å²) in [5, 5.41) is 3.25. The molecule has 11 heteroatoms. The molecule has 194 valence electrons. The fraction of sp³-hybridized carbons (Fsp3) is 0.708. The van der Waals surface area contributed by atoms with Crippen LogP contribution in [0.5, 0.6) is 5.19 Å². The van der Waals surface area contributed by atoms with Gasteiger partial charge in [0.25, 0.3) is 5.19 Å². The number of aromatic nitrogens is 2. The maximum atomic E-state index is 12.8. The number of hydrogen-bond donors (Lipinski definition) is 1. The number of oxazole rings is 1. The molecule has 2 aromatic rings. The molecule has 2 aromatic heterocycles. The highest BCUT2D eigenvalue weighted by Crippen LogP contribution is 2.32. The summed E-state index contributed by atoms with van der Waals surface area (Å²) >= 11 is 1.24. The van der Waals surface area contributed by atoms with Crippen LogP contribution in [0.1, 0.15) is 61.2 Å². The van der Waals surface area contributed by atoms with E-state index in [1.54, 1.807) is 13.1 Å². The number of fused-ring (bicyclic) bond motifs is 1. The molecule has 3 heterocycles. The summed E-state index contributed by atoms with van der Waals surface area (Å²) in [6.07, 6.45) is 2.43. The summed E-state index contributed by atoms with van der Waals surface area (Å²) in [5.41, 5.74) is 0.874. The molecular weight excluding hydrogens is 481 g/mol. The minimum atomic E-state index is -4.39. The lowest BCUT2D eigenvalue weighted by molar-refractivity contribution is -0.189. The van der Waals surface area contributed by atoms with Crippen molar-refractivity contribution in [1.82, 2.24) is 20.2 Å². The van der Waals surface area contributed by atoms with Crippen LogP contribution in [0, 0.1) is 12.8 Å². The Bertz CT molecular complexity index is 960. The van der Waals surface area contributed by atoms with Crippen molar-refractivity contribution in [2.45, 2.75) is 83.5 Å². The van der Waals surface area contributed by atoms with E-state index in [1.807, 2.05) is 0 Å². The highest BCUT2D eigenvalue weighted by atomic mass is 32.1. The van der Waals surface area contributed by atoms with E-state index in [0.29, 0.717) is 17.6 Å². The van der Waals surface area contributed by atoms with Gasteiger partial charge >= 0.3 is 6.18 Å². The van der Waals surface area contributed by atoms with E-state index >= 15 is 0 Å². The lowest BCUT2D eigenvalue weighted by Gasteiger charge is -2.30. The van der Waals surface area contributed by atoms with Gasteiger partial charge in [0.1, 0.15) is 5.76 Å². The van der Waals surface area contributed by atoms with Crippen molar-refractivity contribution in [1.29, 1.82) is 0 Å². The Kier molecular flexibility index (Phi) is 8.36. The first-order valence-corrected chi connectivity index (χ1v) is 13.1. The van der Waals surface area contributed by atoms with Crippen LogP contribution in [0.15, 0.2) is 10.6 Å². The predicted molar refractivity (Wildman–Crippen MR) is 126 cm³/mol. The fourth-order valence-corrected chi connectivity index (χ4v) is 5.78. The molecule has 2 aliphatic rings. The molecule has 1 amide bonds. The monoisotopic (exact) mass is 514 g/mol. The zero-order valence-corrected chi connectivity index (χ0v) is 21.0. The first-order chi connectivity index (χ1) is 16.7. The number of hydrogen-bond acceptors (Lipinski definition) is 7. The lowest BCUT2D eigenvalue weighted by Crippen LogP contribution is -2.39. The van der Waals surface area contributed by atoms with Gasteiger partial charge in [-0.15, -0.1) is 0 Å². The molecule has 35 heavy (non-hydrogen) atoms. The second kappa shape index (κ2) is 11.3. The standard InChI is InChI=1S/C24H33F3N4O3S/c1-15(24(25,26)27)33-23-30-20-8-11-31(12-9-21(20)35-23)10-7-17-3-5-18(6-4-17)29-22(32)13-19-14-28-16(2)34-19/h14-15,17-18H,3-13H2,1-2H3,(H,29,32)/t15?,17-,18-. The molecule has 4 rings (SSSR count). The van der Waals surface area contributed by atoms with Gasteiger partial charge in [-0.1, -0.05) is 11.3 Å². The smallest absolute Gasteiger partial charge is 0.425 e. The summed E-state index contributed by atoms with van der Waals surface area (Å²) in [7, 11) is 0. The Morgan fingerprint density at radius 3 is 2.71 bits per heavy atom. The van der Waals surface area contributed by atoms with Crippen LogP contribution in [0.3, 0.4) is 0 Å². The second-order valence-electron chi connectivity index (χ2n) is 9.59. The molecule has 0 aromatic carbocycles. The van der Waals surface area contributed by atoms with Gasteiger partial charge in [-0.25, -0.2) is 9.97 Å². The maximum Gasteiger partial charge on any atom is 0.425 e. The molecular formula is C24H33F3N4O3S. The SMILES string of the molecule is Cc1ncc(CC(=O)N[C@H]2CC[C@H](CCN3CCc4nc(OC(C)C(F)(F)F)sc4CC3)CC2)o1. The molecule has 1 aliphatic carbocycles. The lowest BCUT2D eigenvalue weighted by atomic mass is 9.84. The Morgan fingerprint density at radius 1 is 1.29 bits per heavy atom. The molecule has 1 fully saturated rings. The van der Waals surface area contributed by atoms with Crippen molar-refractivity contribution < 1.29 is 27.1 Å². The highest BCUT2D eigenvalue weighted by Gasteiger charge is 2.39. The number of carbonyl (C=O) groups is 1. The van der Waals surface area contributed by atoms with Crippen LogP contribution >= 0.6 is 11.3 Å². The zero-order valence-electron chi connectivity index (χ0n) is 20.2. The van der Waals surface area contributed by atoms with Crippen molar-refractivity contribution in [3.8, 4) is 5.19 Å². The van der Waals surface area contributed by atoms with E-state index < -0.39 is 12.3 Å². The summed E-state index contributed by atoms with van der Waals surface area (Å²) in [6, 6.07) is 0.222. The van der Waals surface area contributed by atoms with Crippen molar-refractivity contribution >= 4 is 17.2 Å². The van der Waals surface area contributed by atoms with E-state index in [1.165, 1.54) is 11.3 Å². The fourth-order valence-electron chi connectivity index (χ4n) is 4.76. The van der Waals surface area contributed by atoms with Gasteiger partial charge in [-0.05, 0) is 57.9 Å². The average Bonchev–Trinajstić information content (AvgIpc) is 3.33. The molecule has 7 nitrogen and oxygen atoms in total. The summed E-state index contributed by atoms with van der Waals surface area (Å²) in [5.74, 6) is 1.80. The zero-order chi connectivity index (χ0) is 25.0. The van der Waals surface area contributed by atoms with Gasteiger partial charge in [0, 0.05) is 37.4 Å². The first kappa shape index (κ1) is 25.9. The Morgan fingerprint density at radius 2 is 2.03 bits per heavy atom. The molecule has 0 spiro atoms. The van der Waals surface area contributed by atoms with Crippen molar-refractivity contribution in [3.63, 3.8) is 0 Å². The minimum Gasteiger partial charge on any atom is -0.457 e. The highest BCUT2D eigenvalue weighted by molar-refractivity contribution is 7.13. The van der Waals surface area contributed by atoms with Crippen LogP contribution in [0.25, 0.3) is 0 Å². The van der Waals surface area contributed by atoms with E-state index in [-0.39, 0.29) is 23.6 Å². The van der Waals surface area contributed by atoms with E-state index in [2.05, 4.69) is 20.2 Å². The second-order valence-corrected chi connectivity index (χ2v) is 10.6. The molecule has 1 atom stereocenters. The van der Waals surface area contributed by atoms with Gasteiger partial charge < -0.3 is 19.4 Å². The van der Waals surface area contributed by atoms with Crippen molar-refractivity contribution in [3.05, 3.63) is 28.4 Å². The normalized spacial score (nSPS) is 22.3. The Balaban J connectivity index is 1.14. The van der Waals surface area contributed by atoms with Crippen LogP contribution < -0.4 is 10.1 Å². The number of amides is 1. The van der Waals surface area contributed by atoms with Gasteiger partial charge in [0.15, 0.2) is 12.0 Å². The number of halogens is 3. The number of thiazole rings is 1. The number of ether oxygens (including phenoxy) is 1. The third-order valence-electron chi connectivity index (χ3n) is 6.89. The van der Waals surface area contributed by atoms with Gasteiger partial charge in [0.2, 0.25) is 5.91 Å². The largest absolute Gasteiger partial charge is 0.457 e. The van der Waals surface area contributed by atoms with E-state index in [9.17, 15) is 18.0 Å². The minimum absolute atomic E-state index is 0.0170. The number of aryl methyl sites for hydroxylation is 1. The number of carbonyl (C=O) groups excluding carboxylic acids is 1. The topological polar surface area (TPSA) is 80.5 Å². The van der Waals surface area contributed by atoms with Crippen LogP contribution in [0.4, 0.5) is 13.2 Å². The van der Waals surface area contributed by atoms with Gasteiger partial charge in [-0.2, -0.15) is 13.2 Å². The molecule has 1 aliphatic heterocycles. The number of nitrogens with one attached hydrogen (secondary N) is 1. The molecule has 1 saturated carbocycles. The Hall–Kier alpha value is -2.14. The molecule has 0 bridgehead atoms. The maximum absolute atomic E-state index is 12.8. The molecule has 0 saturated heterocycles. The van der Waals surface area contributed by atoms with E-state index in [0.717, 1.165) is 82.1 Å². The van der Waals surface area contributed by atoms with E-state index in [4.69, 9.17) is 9.15 Å². The predicted octanol–water partition coefficient (Wildman–Crippen LogP) is 4.48. The van der Waals surface area contributed by atoms with Gasteiger partial charge in [0.05, 0.1) is 18.3 Å². The molecule has 0 radical (unpaired) electrons. The number of nitrogens with zero attached hydrogens (tertiary/aromatic N) is 3. The molecule has 1 N–H and O–H groups in total. The van der Waals surface area contributed by atoms with Crippen molar-refractivity contribution in [2.75, 3.05) is 19.6 Å². The third kappa shape index (κ3) is 7.42. The summed E-state index contributed by atoms with van der Waals surface area (Å²) in [6.45, 7) is 5.52. The average molecular weight is 515 g/mol. The van der Waals surface area contributed by atoms with Gasteiger partial charge in [-0.3, -0.25) is 4.79 Å². The van der Waals surface area contributed by atoms with Crippen LogP contribution in [-0.4, -0.2) is 58.7 Å². The van der Waals surface area contributed by atoms with Crippen LogP contribution in [-0.2, 0) is 24.1 Å². The first-order valence-electron chi connectivity index (χ1n) is 12.3. The number of rotatable bonds is 8.